The quantitative estimate of drug-likeness (QED) is 0.838. The van der Waals surface area contributed by atoms with E-state index in [1.54, 1.807) is 18.5 Å². The first-order chi connectivity index (χ1) is 10.9. The van der Waals surface area contributed by atoms with E-state index in [4.69, 9.17) is 5.11 Å². The van der Waals surface area contributed by atoms with Crippen LogP contribution in [0.4, 0.5) is 0 Å². The van der Waals surface area contributed by atoms with Gasteiger partial charge in [-0.15, -0.1) is 5.10 Å². The molecule has 0 saturated carbocycles. The Hall–Kier alpha value is -2.70. The summed E-state index contributed by atoms with van der Waals surface area (Å²) in [6.07, 6.45) is 0.0648. The van der Waals surface area contributed by atoms with E-state index in [2.05, 4.69) is 15.6 Å². The van der Waals surface area contributed by atoms with Gasteiger partial charge in [0.25, 0.3) is 0 Å². The van der Waals surface area contributed by atoms with Crippen molar-refractivity contribution in [3.63, 3.8) is 0 Å². The summed E-state index contributed by atoms with van der Waals surface area (Å²) in [6.45, 7) is 5.08. The SMILES string of the molecule is Cc1c(CC(=O)NC(C)C(C)C(=O)O)nnn1-c1ccccc1. The van der Waals surface area contributed by atoms with Gasteiger partial charge in [0.15, 0.2) is 0 Å². The molecule has 2 aromatic rings. The standard InChI is InChI=1S/C16H20N4O3/c1-10(16(22)23)11(2)17-15(21)9-14-12(3)20(19-18-14)13-7-5-4-6-8-13/h4-8,10-11H,9H2,1-3H3,(H,17,21)(H,22,23). The average Bonchev–Trinajstić information content (AvgIpc) is 2.88. The molecule has 122 valence electrons. The Morgan fingerprint density at radius 3 is 2.52 bits per heavy atom. The fourth-order valence-corrected chi connectivity index (χ4v) is 2.13. The van der Waals surface area contributed by atoms with Gasteiger partial charge in [0.1, 0.15) is 0 Å². The maximum Gasteiger partial charge on any atom is 0.308 e. The highest BCUT2D eigenvalue weighted by Crippen LogP contribution is 2.12. The minimum absolute atomic E-state index is 0.0648. The van der Waals surface area contributed by atoms with Gasteiger partial charge in [0.2, 0.25) is 5.91 Å². The second-order valence-corrected chi connectivity index (χ2v) is 5.53. The van der Waals surface area contributed by atoms with Crippen LogP contribution >= 0.6 is 0 Å². The van der Waals surface area contributed by atoms with Crippen LogP contribution in [0.2, 0.25) is 0 Å². The third kappa shape index (κ3) is 3.94. The molecule has 0 aliphatic rings. The minimum atomic E-state index is -0.941. The minimum Gasteiger partial charge on any atom is -0.481 e. The number of carboxylic acid groups (broad SMARTS) is 1. The summed E-state index contributed by atoms with van der Waals surface area (Å²) in [7, 11) is 0. The lowest BCUT2D eigenvalue weighted by atomic mass is 10.0. The first-order valence-electron chi connectivity index (χ1n) is 7.39. The summed E-state index contributed by atoms with van der Waals surface area (Å²) in [5, 5.41) is 19.8. The molecule has 0 saturated heterocycles. The molecule has 0 bridgehead atoms. The van der Waals surface area contributed by atoms with Crippen molar-refractivity contribution in [1.82, 2.24) is 20.3 Å². The Kier molecular flexibility index (Phi) is 5.10. The molecule has 0 spiro atoms. The lowest BCUT2D eigenvalue weighted by molar-refractivity contribution is -0.142. The summed E-state index contributed by atoms with van der Waals surface area (Å²) in [4.78, 5) is 23.0. The van der Waals surface area contributed by atoms with Gasteiger partial charge in [-0.2, -0.15) is 0 Å². The molecule has 2 N–H and O–H groups in total. The average molecular weight is 316 g/mol. The highest BCUT2D eigenvalue weighted by atomic mass is 16.4. The molecule has 1 aromatic heterocycles. The van der Waals surface area contributed by atoms with Gasteiger partial charge >= 0.3 is 5.97 Å². The monoisotopic (exact) mass is 316 g/mol. The predicted octanol–water partition coefficient (Wildman–Crippen LogP) is 1.34. The van der Waals surface area contributed by atoms with Crippen LogP contribution in [-0.4, -0.2) is 38.0 Å². The number of amides is 1. The number of nitrogens with zero attached hydrogens (tertiary/aromatic N) is 3. The lowest BCUT2D eigenvalue weighted by Crippen LogP contribution is -2.40. The summed E-state index contributed by atoms with van der Waals surface area (Å²) < 4.78 is 1.67. The topological polar surface area (TPSA) is 97.1 Å². The number of aromatic nitrogens is 3. The van der Waals surface area contributed by atoms with Crippen molar-refractivity contribution in [2.75, 3.05) is 0 Å². The molecule has 23 heavy (non-hydrogen) atoms. The molecule has 2 unspecified atom stereocenters. The number of hydrogen-bond donors (Lipinski definition) is 2. The van der Waals surface area contributed by atoms with Gasteiger partial charge in [0, 0.05) is 6.04 Å². The zero-order chi connectivity index (χ0) is 17.0. The zero-order valence-electron chi connectivity index (χ0n) is 13.4. The lowest BCUT2D eigenvalue weighted by Gasteiger charge is -2.17. The van der Waals surface area contributed by atoms with Crippen molar-refractivity contribution in [2.24, 2.45) is 5.92 Å². The van der Waals surface area contributed by atoms with Crippen molar-refractivity contribution in [3.05, 3.63) is 41.7 Å². The Bertz CT molecular complexity index is 697. The second-order valence-electron chi connectivity index (χ2n) is 5.53. The number of hydrogen-bond acceptors (Lipinski definition) is 4. The van der Waals surface area contributed by atoms with E-state index in [-0.39, 0.29) is 12.3 Å². The van der Waals surface area contributed by atoms with Crippen LogP contribution in [-0.2, 0) is 16.0 Å². The third-order valence-corrected chi connectivity index (χ3v) is 3.85. The van der Waals surface area contributed by atoms with E-state index in [0.717, 1.165) is 11.4 Å². The largest absolute Gasteiger partial charge is 0.481 e. The first-order valence-corrected chi connectivity index (χ1v) is 7.39. The van der Waals surface area contributed by atoms with Crippen LogP contribution in [0.1, 0.15) is 25.2 Å². The summed E-state index contributed by atoms with van der Waals surface area (Å²) in [5.74, 6) is -1.86. The zero-order valence-corrected chi connectivity index (χ0v) is 13.4. The summed E-state index contributed by atoms with van der Waals surface area (Å²) >= 11 is 0. The van der Waals surface area contributed by atoms with E-state index >= 15 is 0 Å². The van der Waals surface area contributed by atoms with Crippen LogP contribution < -0.4 is 5.32 Å². The molecule has 0 fully saturated rings. The van der Waals surface area contributed by atoms with Crippen LogP contribution in [0.3, 0.4) is 0 Å². The normalized spacial score (nSPS) is 13.3. The van der Waals surface area contributed by atoms with Gasteiger partial charge in [-0.05, 0) is 32.9 Å². The maximum absolute atomic E-state index is 12.1. The van der Waals surface area contributed by atoms with Gasteiger partial charge in [-0.25, -0.2) is 4.68 Å². The molecule has 1 heterocycles. The van der Waals surface area contributed by atoms with Gasteiger partial charge in [-0.3, -0.25) is 9.59 Å². The highest BCUT2D eigenvalue weighted by Gasteiger charge is 2.22. The van der Waals surface area contributed by atoms with Crippen molar-refractivity contribution < 1.29 is 14.7 Å². The summed E-state index contributed by atoms with van der Waals surface area (Å²) in [6, 6.07) is 9.07. The molecule has 2 atom stereocenters. The number of para-hydroxylation sites is 1. The van der Waals surface area contributed by atoms with E-state index in [9.17, 15) is 9.59 Å². The van der Waals surface area contributed by atoms with Gasteiger partial charge in [-0.1, -0.05) is 23.4 Å². The van der Waals surface area contributed by atoms with Gasteiger partial charge in [0.05, 0.1) is 29.4 Å². The van der Waals surface area contributed by atoms with E-state index < -0.39 is 17.9 Å². The number of carbonyl (C=O) groups excluding carboxylic acids is 1. The summed E-state index contributed by atoms with van der Waals surface area (Å²) in [5.41, 5.74) is 2.23. The Morgan fingerprint density at radius 2 is 1.91 bits per heavy atom. The van der Waals surface area contributed by atoms with Crippen molar-refractivity contribution >= 4 is 11.9 Å². The molecule has 7 nitrogen and oxygen atoms in total. The molecule has 2 rings (SSSR count). The molecule has 0 radical (unpaired) electrons. The second kappa shape index (κ2) is 7.04. The van der Waals surface area contributed by atoms with E-state index in [1.165, 1.54) is 0 Å². The van der Waals surface area contributed by atoms with Crippen LogP contribution in [0.5, 0.6) is 0 Å². The number of rotatable bonds is 6. The predicted molar refractivity (Wildman–Crippen MR) is 84.2 cm³/mol. The first kappa shape index (κ1) is 16.7. The van der Waals surface area contributed by atoms with Crippen molar-refractivity contribution in [1.29, 1.82) is 0 Å². The van der Waals surface area contributed by atoms with Crippen LogP contribution in [0, 0.1) is 12.8 Å². The Morgan fingerprint density at radius 1 is 1.26 bits per heavy atom. The molecular weight excluding hydrogens is 296 g/mol. The highest BCUT2D eigenvalue weighted by molar-refractivity contribution is 5.79. The number of carbonyl (C=O) groups is 2. The molecular formula is C16H20N4O3. The van der Waals surface area contributed by atoms with Crippen LogP contribution in [0.15, 0.2) is 30.3 Å². The molecule has 0 aliphatic carbocycles. The molecule has 1 amide bonds. The Labute approximate surface area is 134 Å². The fourth-order valence-electron chi connectivity index (χ4n) is 2.13. The number of benzene rings is 1. The fraction of sp³-hybridized carbons (Fsp3) is 0.375. The van der Waals surface area contributed by atoms with Crippen molar-refractivity contribution in [2.45, 2.75) is 33.2 Å². The molecule has 1 aromatic carbocycles. The number of nitrogens with one attached hydrogen (secondary N) is 1. The number of carboxylic acids is 1. The molecule has 7 heteroatoms. The van der Waals surface area contributed by atoms with Gasteiger partial charge < -0.3 is 10.4 Å². The van der Waals surface area contributed by atoms with E-state index in [1.807, 2.05) is 37.3 Å². The number of aliphatic carboxylic acids is 1. The third-order valence-electron chi connectivity index (χ3n) is 3.85. The Balaban J connectivity index is 2.05. The van der Waals surface area contributed by atoms with Crippen molar-refractivity contribution in [3.8, 4) is 5.69 Å². The smallest absolute Gasteiger partial charge is 0.308 e. The molecule has 0 aliphatic heterocycles. The van der Waals surface area contributed by atoms with E-state index in [0.29, 0.717) is 5.69 Å². The maximum atomic E-state index is 12.1. The van der Waals surface area contributed by atoms with Crippen LogP contribution in [0.25, 0.3) is 5.69 Å².